The average Bonchev–Trinajstić information content (AvgIpc) is 2.42. The molecule has 102 valence electrons. The first-order chi connectivity index (χ1) is 9.18. The molecule has 0 fully saturated rings. The average molecular weight is 261 g/mol. The van der Waals surface area contributed by atoms with Crippen LogP contribution in [0.4, 0.5) is 0 Å². The molecule has 2 rings (SSSR count). The summed E-state index contributed by atoms with van der Waals surface area (Å²) in [7, 11) is 0. The first kappa shape index (κ1) is 13.6. The summed E-state index contributed by atoms with van der Waals surface area (Å²) in [6.07, 6.45) is 3.53. The zero-order valence-electron chi connectivity index (χ0n) is 10.9. The molecular formula is C15H19NO3. The lowest BCUT2D eigenvalue weighted by Gasteiger charge is -2.24. The molecule has 2 N–H and O–H groups in total. The van der Waals surface area contributed by atoms with Crippen molar-refractivity contribution in [1.29, 1.82) is 0 Å². The molecule has 0 spiro atoms. The molecule has 1 aromatic carbocycles. The Morgan fingerprint density at radius 2 is 2.11 bits per heavy atom. The van der Waals surface area contributed by atoms with Gasteiger partial charge in [0.1, 0.15) is 0 Å². The third-order valence-electron chi connectivity index (χ3n) is 3.55. The zero-order valence-corrected chi connectivity index (χ0v) is 10.9. The van der Waals surface area contributed by atoms with E-state index in [-0.39, 0.29) is 18.2 Å². The van der Waals surface area contributed by atoms with Crippen LogP contribution in [0.25, 0.3) is 0 Å². The number of nitrogens with one attached hydrogen (secondary N) is 1. The van der Waals surface area contributed by atoms with Crippen molar-refractivity contribution >= 4 is 11.9 Å². The number of carboxylic acids is 1. The fourth-order valence-electron chi connectivity index (χ4n) is 2.60. The van der Waals surface area contributed by atoms with Crippen LogP contribution in [0, 0.1) is 0 Å². The number of aliphatic carboxylic acids is 1. The van der Waals surface area contributed by atoms with Gasteiger partial charge in [-0.05, 0) is 36.8 Å². The van der Waals surface area contributed by atoms with Crippen LogP contribution in [0.3, 0.4) is 0 Å². The molecule has 0 saturated heterocycles. The third-order valence-corrected chi connectivity index (χ3v) is 3.55. The van der Waals surface area contributed by atoms with Crippen molar-refractivity contribution in [2.24, 2.45) is 0 Å². The van der Waals surface area contributed by atoms with E-state index in [4.69, 9.17) is 5.11 Å². The van der Waals surface area contributed by atoms with Gasteiger partial charge in [0.15, 0.2) is 0 Å². The number of hydrogen-bond acceptors (Lipinski definition) is 2. The van der Waals surface area contributed by atoms with Gasteiger partial charge in [-0.1, -0.05) is 24.3 Å². The first-order valence-corrected chi connectivity index (χ1v) is 6.76. The van der Waals surface area contributed by atoms with E-state index >= 15 is 0 Å². The Labute approximate surface area is 112 Å². The Hall–Kier alpha value is -1.84. The molecule has 1 atom stereocenters. The summed E-state index contributed by atoms with van der Waals surface area (Å²) in [6, 6.07) is 8.08. The number of amides is 1. The van der Waals surface area contributed by atoms with Crippen molar-refractivity contribution in [2.75, 3.05) is 6.54 Å². The number of carbonyl (C=O) groups is 2. The Morgan fingerprint density at radius 3 is 2.89 bits per heavy atom. The Balaban J connectivity index is 1.92. The van der Waals surface area contributed by atoms with Crippen molar-refractivity contribution in [3.63, 3.8) is 0 Å². The number of fused-ring (bicyclic) bond motifs is 1. The minimum atomic E-state index is -0.822. The van der Waals surface area contributed by atoms with Crippen molar-refractivity contribution in [3.05, 3.63) is 35.4 Å². The number of hydrogen-bond donors (Lipinski definition) is 2. The molecule has 0 saturated carbocycles. The first-order valence-electron chi connectivity index (χ1n) is 6.76. The second kappa shape index (κ2) is 6.36. The van der Waals surface area contributed by atoms with E-state index in [1.165, 1.54) is 5.56 Å². The van der Waals surface area contributed by atoms with Crippen LogP contribution in [0.15, 0.2) is 24.3 Å². The van der Waals surface area contributed by atoms with E-state index < -0.39 is 5.97 Å². The van der Waals surface area contributed by atoms with Gasteiger partial charge in [0.2, 0.25) is 5.91 Å². The van der Waals surface area contributed by atoms with Crippen LogP contribution in [0.1, 0.15) is 42.7 Å². The van der Waals surface area contributed by atoms with Crippen LogP contribution in [-0.4, -0.2) is 23.5 Å². The smallest absolute Gasteiger partial charge is 0.303 e. The van der Waals surface area contributed by atoms with Gasteiger partial charge >= 0.3 is 5.97 Å². The Kier molecular flexibility index (Phi) is 4.55. The van der Waals surface area contributed by atoms with Gasteiger partial charge < -0.3 is 10.4 Å². The van der Waals surface area contributed by atoms with Gasteiger partial charge in [0, 0.05) is 13.0 Å². The normalized spacial score (nSPS) is 17.6. The van der Waals surface area contributed by atoms with Gasteiger partial charge in [-0.15, -0.1) is 0 Å². The largest absolute Gasteiger partial charge is 0.481 e. The maximum absolute atomic E-state index is 12.1. The molecule has 0 aromatic heterocycles. The summed E-state index contributed by atoms with van der Waals surface area (Å²) in [5.74, 6) is -0.871. The second-order valence-corrected chi connectivity index (χ2v) is 4.93. The number of carboxylic acid groups (broad SMARTS) is 1. The molecule has 1 aromatic rings. The van der Waals surface area contributed by atoms with E-state index in [1.807, 2.05) is 18.2 Å². The maximum atomic E-state index is 12.1. The molecule has 0 heterocycles. The van der Waals surface area contributed by atoms with E-state index in [9.17, 15) is 9.59 Å². The summed E-state index contributed by atoms with van der Waals surface area (Å²) < 4.78 is 0. The highest BCUT2D eigenvalue weighted by molar-refractivity contribution is 5.84. The van der Waals surface area contributed by atoms with E-state index in [0.29, 0.717) is 13.0 Å². The fraction of sp³-hybridized carbons (Fsp3) is 0.467. The highest BCUT2D eigenvalue weighted by atomic mass is 16.4. The molecule has 1 aliphatic carbocycles. The Morgan fingerprint density at radius 1 is 1.32 bits per heavy atom. The van der Waals surface area contributed by atoms with Gasteiger partial charge in [0.05, 0.1) is 5.92 Å². The summed E-state index contributed by atoms with van der Waals surface area (Å²) in [5.41, 5.74) is 2.39. The lowest BCUT2D eigenvalue weighted by molar-refractivity contribution is -0.137. The molecule has 0 aliphatic heterocycles. The molecule has 0 radical (unpaired) electrons. The second-order valence-electron chi connectivity index (χ2n) is 4.93. The van der Waals surface area contributed by atoms with Crippen LogP contribution in [-0.2, 0) is 16.0 Å². The number of aryl methyl sites for hydroxylation is 1. The predicted molar refractivity (Wildman–Crippen MR) is 72.0 cm³/mol. The Bertz CT molecular complexity index is 470. The number of benzene rings is 1. The molecule has 1 aliphatic rings. The molecular weight excluding hydrogens is 242 g/mol. The van der Waals surface area contributed by atoms with Crippen molar-refractivity contribution < 1.29 is 14.7 Å². The van der Waals surface area contributed by atoms with Crippen molar-refractivity contribution in [3.8, 4) is 0 Å². The fourth-order valence-corrected chi connectivity index (χ4v) is 2.60. The van der Waals surface area contributed by atoms with E-state index in [1.54, 1.807) is 0 Å². The van der Waals surface area contributed by atoms with Crippen molar-refractivity contribution in [1.82, 2.24) is 5.32 Å². The standard InChI is InChI=1S/C15H19NO3/c17-14(18)9-4-10-16-15(19)13-8-3-6-11-5-1-2-7-12(11)13/h1-2,5,7,13H,3-4,6,8-10H2,(H,16,19)(H,17,18). The summed E-state index contributed by atoms with van der Waals surface area (Å²) in [5, 5.41) is 11.4. The van der Waals surface area contributed by atoms with E-state index in [2.05, 4.69) is 11.4 Å². The highest BCUT2D eigenvalue weighted by Crippen LogP contribution is 2.31. The molecule has 1 amide bonds. The van der Waals surface area contributed by atoms with Gasteiger partial charge in [-0.25, -0.2) is 0 Å². The molecule has 4 heteroatoms. The van der Waals surface area contributed by atoms with Gasteiger partial charge in [0.25, 0.3) is 0 Å². The molecule has 19 heavy (non-hydrogen) atoms. The SMILES string of the molecule is O=C(O)CCCNC(=O)C1CCCc2ccccc21. The minimum absolute atomic E-state index is 0.0255. The monoisotopic (exact) mass is 261 g/mol. The van der Waals surface area contributed by atoms with Crippen LogP contribution in [0.2, 0.25) is 0 Å². The molecule has 1 unspecified atom stereocenters. The quantitative estimate of drug-likeness (QED) is 0.797. The molecule has 0 bridgehead atoms. The maximum Gasteiger partial charge on any atom is 0.303 e. The van der Waals surface area contributed by atoms with Gasteiger partial charge in [-0.3, -0.25) is 9.59 Å². The van der Waals surface area contributed by atoms with Crippen molar-refractivity contribution in [2.45, 2.75) is 38.0 Å². The summed E-state index contributed by atoms with van der Waals surface area (Å²) in [6.45, 7) is 0.434. The zero-order chi connectivity index (χ0) is 13.7. The summed E-state index contributed by atoms with van der Waals surface area (Å²) in [4.78, 5) is 22.5. The van der Waals surface area contributed by atoms with Crippen LogP contribution < -0.4 is 5.32 Å². The topological polar surface area (TPSA) is 66.4 Å². The van der Waals surface area contributed by atoms with E-state index in [0.717, 1.165) is 24.8 Å². The predicted octanol–water partition coefficient (Wildman–Crippen LogP) is 2.09. The summed E-state index contributed by atoms with van der Waals surface area (Å²) >= 11 is 0. The molecule has 4 nitrogen and oxygen atoms in total. The highest BCUT2D eigenvalue weighted by Gasteiger charge is 2.25. The third kappa shape index (κ3) is 3.56. The number of rotatable bonds is 5. The lowest BCUT2D eigenvalue weighted by atomic mass is 9.82. The number of carbonyl (C=O) groups excluding carboxylic acids is 1. The lowest BCUT2D eigenvalue weighted by Crippen LogP contribution is -2.32. The minimum Gasteiger partial charge on any atom is -0.481 e. The van der Waals surface area contributed by atoms with Crippen LogP contribution in [0.5, 0.6) is 0 Å². The van der Waals surface area contributed by atoms with Gasteiger partial charge in [-0.2, -0.15) is 0 Å². The van der Waals surface area contributed by atoms with Crippen LogP contribution >= 0.6 is 0 Å².